The Bertz CT molecular complexity index is 755. The van der Waals surface area contributed by atoms with Gasteiger partial charge in [-0.2, -0.15) is 0 Å². The maximum atomic E-state index is 12.2. The van der Waals surface area contributed by atoms with E-state index in [0.717, 1.165) is 36.6 Å². The highest BCUT2D eigenvalue weighted by atomic mass is 16.5. The molecule has 6 heteroatoms. The van der Waals surface area contributed by atoms with Gasteiger partial charge in [-0.3, -0.25) is 14.8 Å². The average molecular weight is 331 g/mol. The van der Waals surface area contributed by atoms with Crippen LogP contribution in [0.1, 0.15) is 43.0 Å². The fourth-order valence-electron chi connectivity index (χ4n) is 2.73. The van der Waals surface area contributed by atoms with Gasteiger partial charge in [0.15, 0.2) is 0 Å². The molecule has 0 fully saturated rings. The number of aryl methyl sites for hydroxylation is 1. The van der Waals surface area contributed by atoms with Gasteiger partial charge in [-0.25, -0.2) is 5.06 Å². The first-order valence-corrected chi connectivity index (χ1v) is 8.43. The predicted molar refractivity (Wildman–Crippen MR) is 94.2 cm³/mol. The number of hydroxylamine groups is 2. The SMILES string of the molecule is CCN(O)C(=O)c1ccc2c(ccc(=O)n2CCCCCCN)c1. The quantitative estimate of drug-likeness (QED) is 0.441. The highest BCUT2D eigenvalue weighted by molar-refractivity contribution is 5.97. The second-order valence-electron chi connectivity index (χ2n) is 5.82. The standard InChI is InChI=1S/C18H25N3O3/c1-2-21(24)18(23)15-7-9-16-14(13-15)8-10-17(22)20(16)12-6-4-3-5-11-19/h7-10,13,24H,2-6,11-12,19H2,1H3. The summed E-state index contributed by atoms with van der Waals surface area (Å²) in [5.41, 5.74) is 6.65. The lowest BCUT2D eigenvalue weighted by atomic mass is 10.1. The van der Waals surface area contributed by atoms with Crippen molar-refractivity contribution in [2.45, 2.75) is 39.2 Å². The van der Waals surface area contributed by atoms with E-state index in [0.29, 0.717) is 23.7 Å². The third kappa shape index (κ3) is 4.21. The molecule has 2 rings (SSSR count). The number of benzene rings is 1. The van der Waals surface area contributed by atoms with E-state index >= 15 is 0 Å². The van der Waals surface area contributed by atoms with Crippen molar-refractivity contribution in [3.63, 3.8) is 0 Å². The summed E-state index contributed by atoms with van der Waals surface area (Å²) in [4.78, 5) is 24.2. The number of unbranched alkanes of at least 4 members (excludes halogenated alkanes) is 3. The first-order valence-electron chi connectivity index (χ1n) is 8.43. The molecule has 2 aromatic rings. The van der Waals surface area contributed by atoms with E-state index in [1.807, 2.05) is 0 Å². The topological polar surface area (TPSA) is 88.6 Å². The van der Waals surface area contributed by atoms with E-state index in [4.69, 9.17) is 5.73 Å². The van der Waals surface area contributed by atoms with Crippen molar-refractivity contribution < 1.29 is 10.0 Å². The Balaban J connectivity index is 2.24. The smallest absolute Gasteiger partial charge is 0.277 e. The first kappa shape index (κ1) is 18.2. The van der Waals surface area contributed by atoms with Crippen molar-refractivity contribution in [3.8, 4) is 0 Å². The normalized spacial score (nSPS) is 11.0. The number of amides is 1. The minimum Gasteiger partial charge on any atom is -0.330 e. The van der Waals surface area contributed by atoms with Crippen LogP contribution >= 0.6 is 0 Å². The largest absolute Gasteiger partial charge is 0.330 e. The van der Waals surface area contributed by atoms with E-state index in [1.54, 1.807) is 35.8 Å². The summed E-state index contributed by atoms with van der Waals surface area (Å²) in [5.74, 6) is -0.445. The van der Waals surface area contributed by atoms with Crippen LogP contribution in [0.2, 0.25) is 0 Å². The zero-order valence-electron chi connectivity index (χ0n) is 14.1. The van der Waals surface area contributed by atoms with Gasteiger partial charge in [0.1, 0.15) is 0 Å². The second-order valence-corrected chi connectivity index (χ2v) is 5.82. The van der Waals surface area contributed by atoms with Gasteiger partial charge in [0.05, 0.1) is 5.52 Å². The lowest BCUT2D eigenvalue weighted by Gasteiger charge is -2.14. The van der Waals surface area contributed by atoms with Crippen molar-refractivity contribution in [2.24, 2.45) is 5.73 Å². The summed E-state index contributed by atoms with van der Waals surface area (Å²) >= 11 is 0. The molecule has 0 saturated heterocycles. The van der Waals surface area contributed by atoms with Gasteiger partial charge in [0.25, 0.3) is 11.5 Å². The highest BCUT2D eigenvalue weighted by Gasteiger charge is 2.13. The van der Waals surface area contributed by atoms with Gasteiger partial charge in [0.2, 0.25) is 0 Å². The molecular weight excluding hydrogens is 306 g/mol. The molecule has 3 N–H and O–H groups in total. The average Bonchev–Trinajstić information content (AvgIpc) is 2.61. The Kier molecular flexibility index (Phi) is 6.52. The number of hydrogen-bond acceptors (Lipinski definition) is 4. The van der Waals surface area contributed by atoms with Crippen LogP contribution in [-0.2, 0) is 6.54 Å². The Morgan fingerprint density at radius 3 is 2.62 bits per heavy atom. The molecule has 0 spiro atoms. The number of hydrogen-bond donors (Lipinski definition) is 2. The Hall–Kier alpha value is -2.18. The number of carbonyl (C=O) groups excluding carboxylic acids is 1. The van der Waals surface area contributed by atoms with E-state index in [-0.39, 0.29) is 12.1 Å². The molecule has 0 saturated carbocycles. The zero-order valence-corrected chi connectivity index (χ0v) is 14.1. The van der Waals surface area contributed by atoms with Gasteiger partial charge < -0.3 is 10.3 Å². The van der Waals surface area contributed by atoms with Gasteiger partial charge in [0, 0.05) is 24.7 Å². The Morgan fingerprint density at radius 1 is 1.17 bits per heavy atom. The lowest BCUT2D eigenvalue weighted by Crippen LogP contribution is -2.27. The molecule has 0 bridgehead atoms. The van der Waals surface area contributed by atoms with Gasteiger partial charge in [-0.1, -0.05) is 12.8 Å². The maximum Gasteiger partial charge on any atom is 0.277 e. The molecule has 0 unspecified atom stereocenters. The van der Waals surface area contributed by atoms with E-state index in [9.17, 15) is 14.8 Å². The molecule has 24 heavy (non-hydrogen) atoms. The number of pyridine rings is 1. The number of aromatic nitrogens is 1. The van der Waals surface area contributed by atoms with Crippen molar-refractivity contribution in [1.29, 1.82) is 0 Å². The van der Waals surface area contributed by atoms with Crippen molar-refractivity contribution in [1.82, 2.24) is 9.63 Å². The Labute approximate surface area is 141 Å². The number of nitrogens with two attached hydrogens (primary N) is 1. The van der Waals surface area contributed by atoms with Crippen molar-refractivity contribution >= 4 is 16.8 Å². The molecule has 1 heterocycles. The predicted octanol–water partition coefficient (Wildman–Crippen LogP) is 2.37. The molecule has 1 aromatic carbocycles. The van der Waals surface area contributed by atoms with Crippen molar-refractivity contribution in [2.75, 3.05) is 13.1 Å². The Morgan fingerprint density at radius 2 is 1.92 bits per heavy atom. The summed E-state index contributed by atoms with van der Waals surface area (Å²) < 4.78 is 1.74. The number of fused-ring (bicyclic) bond motifs is 1. The number of carbonyl (C=O) groups is 1. The third-order valence-corrected chi connectivity index (χ3v) is 4.11. The number of nitrogens with zero attached hydrogens (tertiary/aromatic N) is 2. The minimum absolute atomic E-state index is 0.0438. The first-order chi connectivity index (χ1) is 11.6. The summed E-state index contributed by atoms with van der Waals surface area (Å²) in [5, 5.41) is 11.0. The van der Waals surface area contributed by atoms with Crippen LogP contribution in [0.3, 0.4) is 0 Å². The molecule has 6 nitrogen and oxygen atoms in total. The lowest BCUT2D eigenvalue weighted by molar-refractivity contribution is -0.0541. The number of rotatable bonds is 8. The van der Waals surface area contributed by atoms with Gasteiger partial charge in [-0.05, 0) is 56.0 Å². The highest BCUT2D eigenvalue weighted by Crippen LogP contribution is 2.16. The van der Waals surface area contributed by atoms with Crippen LogP contribution in [0.15, 0.2) is 35.1 Å². The van der Waals surface area contributed by atoms with Crippen LogP contribution in [0.25, 0.3) is 10.9 Å². The van der Waals surface area contributed by atoms with E-state index < -0.39 is 5.91 Å². The fraction of sp³-hybridized carbons (Fsp3) is 0.444. The molecule has 130 valence electrons. The molecule has 1 amide bonds. The van der Waals surface area contributed by atoms with E-state index in [1.165, 1.54) is 6.07 Å². The van der Waals surface area contributed by atoms with Crippen LogP contribution in [0.5, 0.6) is 0 Å². The molecule has 0 atom stereocenters. The summed E-state index contributed by atoms with van der Waals surface area (Å²) in [6.45, 7) is 3.26. The molecule has 0 aliphatic heterocycles. The zero-order chi connectivity index (χ0) is 17.5. The molecule has 0 aliphatic rings. The van der Waals surface area contributed by atoms with Crippen LogP contribution in [0.4, 0.5) is 0 Å². The molecule has 0 radical (unpaired) electrons. The minimum atomic E-state index is -0.445. The van der Waals surface area contributed by atoms with Crippen LogP contribution in [0, 0.1) is 0 Å². The second kappa shape index (κ2) is 8.61. The summed E-state index contributed by atoms with van der Waals surface area (Å²) in [6, 6.07) is 8.36. The van der Waals surface area contributed by atoms with Crippen molar-refractivity contribution in [3.05, 3.63) is 46.2 Å². The third-order valence-electron chi connectivity index (χ3n) is 4.11. The molecular formula is C18H25N3O3. The van der Waals surface area contributed by atoms with Gasteiger partial charge in [-0.15, -0.1) is 0 Å². The summed E-state index contributed by atoms with van der Waals surface area (Å²) in [6.07, 6.45) is 4.02. The van der Waals surface area contributed by atoms with Crippen LogP contribution in [-0.4, -0.2) is 33.8 Å². The monoisotopic (exact) mass is 331 g/mol. The van der Waals surface area contributed by atoms with Crippen LogP contribution < -0.4 is 11.3 Å². The van der Waals surface area contributed by atoms with Gasteiger partial charge >= 0.3 is 0 Å². The molecule has 1 aromatic heterocycles. The van der Waals surface area contributed by atoms with E-state index in [2.05, 4.69) is 0 Å². The maximum absolute atomic E-state index is 12.2. The molecule has 0 aliphatic carbocycles. The summed E-state index contributed by atoms with van der Waals surface area (Å²) in [7, 11) is 0. The fourth-order valence-corrected chi connectivity index (χ4v) is 2.73.